The molecule has 2 N–H and O–H groups in total. The first-order valence-corrected chi connectivity index (χ1v) is 6.11. The van der Waals surface area contributed by atoms with E-state index < -0.39 is 0 Å². The Labute approximate surface area is 110 Å². The van der Waals surface area contributed by atoms with Crippen molar-refractivity contribution in [3.8, 4) is 0 Å². The molecule has 17 heavy (non-hydrogen) atoms. The van der Waals surface area contributed by atoms with E-state index in [-0.39, 0.29) is 6.04 Å². The van der Waals surface area contributed by atoms with Crippen LogP contribution in [0, 0.1) is 0 Å². The average Bonchev–Trinajstić information content (AvgIpc) is 2.76. The Balaban J connectivity index is 1.98. The van der Waals surface area contributed by atoms with Crippen molar-refractivity contribution in [3.63, 3.8) is 0 Å². The zero-order valence-electron chi connectivity index (χ0n) is 9.20. The molecule has 1 aromatic heterocycles. The first kappa shape index (κ1) is 12.5. The first-order chi connectivity index (χ1) is 8.15. The van der Waals surface area contributed by atoms with Gasteiger partial charge in [-0.3, -0.25) is 0 Å². The van der Waals surface area contributed by atoms with Crippen LogP contribution in [-0.4, -0.2) is 6.04 Å². The molecule has 0 saturated carbocycles. The molecule has 0 bridgehead atoms. The molecule has 0 fully saturated rings. The van der Waals surface area contributed by atoms with Crippen LogP contribution in [0.4, 0.5) is 0 Å². The molecule has 0 saturated heterocycles. The summed E-state index contributed by atoms with van der Waals surface area (Å²) >= 11 is 11.8. The smallest absolute Gasteiger partial charge is 0.0935 e. The van der Waals surface area contributed by atoms with E-state index in [9.17, 15) is 0 Å². The lowest BCUT2D eigenvalue weighted by molar-refractivity contribution is 0.559. The standard InChI is InChI=1S/C13H13Cl2NO/c14-12-2-1-9(7-13(12)15)5-11(16)6-10-3-4-17-8-10/h1-4,7-8,11H,5-6,16H2. The van der Waals surface area contributed by atoms with Gasteiger partial charge < -0.3 is 10.2 Å². The van der Waals surface area contributed by atoms with Gasteiger partial charge in [-0.05, 0) is 42.2 Å². The van der Waals surface area contributed by atoms with Gasteiger partial charge in [-0.25, -0.2) is 0 Å². The molecule has 0 radical (unpaired) electrons. The lowest BCUT2D eigenvalue weighted by atomic mass is 10.0. The Morgan fingerprint density at radius 2 is 1.82 bits per heavy atom. The van der Waals surface area contributed by atoms with Gasteiger partial charge in [0.1, 0.15) is 0 Å². The van der Waals surface area contributed by atoms with Gasteiger partial charge >= 0.3 is 0 Å². The minimum absolute atomic E-state index is 0.0462. The third-order valence-corrected chi connectivity index (χ3v) is 3.30. The summed E-state index contributed by atoms with van der Waals surface area (Å²) in [5.74, 6) is 0. The number of halogens is 2. The third kappa shape index (κ3) is 3.50. The Bertz CT molecular complexity index is 482. The molecule has 0 aliphatic carbocycles. The van der Waals surface area contributed by atoms with Crippen LogP contribution in [0.2, 0.25) is 10.0 Å². The second-order valence-electron chi connectivity index (χ2n) is 4.05. The van der Waals surface area contributed by atoms with E-state index in [0.717, 1.165) is 24.0 Å². The van der Waals surface area contributed by atoms with Crippen LogP contribution in [0.15, 0.2) is 41.2 Å². The molecule has 0 amide bonds. The minimum atomic E-state index is 0.0462. The Kier molecular flexibility index (Phi) is 4.11. The highest BCUT2D eigenvalue weighted by atomic mass is 35.5. The maximum Gasteiger partial charge on any atom is 0.0935 e. The van der Waals surface area contributed by atoms with Gasteiger partial charge in [0, 0.05) is 6.04 Å². The summed E-state index contributed by atoms with van der Waals surface area (Å²) in [6.07, 6.45) is 4.93. The van der Waals surface area contributed by atoms with Crippen molar-refractivity contribution in [2.75, 3.05) is 0 Å². The van der Waals surface area contributed by atoms with Crippen molar-refractivity contribution in [1.82, 2.24) is 0 Å². The molecule has 90 valence electrons. The highest BCUT2D eigenvalue weighted by Crippen LogP contribution is 2.23. The maximum absolute atomic E-state index is 6.07. The zero-order chi connectivity index (χ0) is 12.3. The number of furan rings is 1. The van der Waals surface area contributed by atoms with E-state index >= 15 is 0 Å². The third-order valence-electron chi connectivity index (χ3n) is 2.56. The van der Waals surface area contributed by atoms with E-state index in [1.54, 1.807) is 18.6 Å². The second-order valence-corrected chi connectivity index (χ2v) is 4.86. The predicted molar refractivity (Wildman–Crippen MR) is 70.6 cm³/mol. The van der Waals surface area contributed by atoms with Gasteiger partial charge in [0.05, 0.1) is 22.6 Å². The second kappa shape index (κ2) is 5.58. The van der Waals surface area contributed by atoms with Crippen LogP contribution >= 0.6 is 23.2 Å². The maximum atomic E-state index is 6.07. The fourth-order valence-electron chi connectivity index (χ4n) is 1.75. The van der Waals surface area contributed by atoms with Crippen LogP contribution in [0.3, 0.4) is 0 Å². The summed E-state index contributed by atoms with van der Waals surface area (Å²) in [7, 11) is 0. The van der Waals surface area contributed by atoms with Crippen molar-refractivity contribution in [1.29, 1.82) is 0 Å². The molecule has 0 aliphatic rings. The average molecular weight is 270 g/mol. The lowest BCUT2D eigenvalue weighted by Gasteiger charge is -2.10. The highest BCUT2D eigenvalue weighted by Gasteiger charge is 2.07. The van der Waals surface area contributed by atoms with E-state index in [1.165, 1.54) is 0 Å². The molecule has 2 nitrogen and oxygen atoms in total. The summed E-state index contributed by atoms with van der Waals surface area (Å²) in [4.78, 5) is 0. The summed E-state index contributed by atoms with van der Waals surface area (Å²) in [5.41, 5.74) is 8.27. The molecule has 0 aliphatic heterocycles. The van der Waals surface area contributed by atoms with Gasteiger partial charge in [0.25, 0.3) is 0 Å². The molecule has 0 spiro atoms. The van der Waals surface area contributed by atoms with Gasteiger partial charge in [-0.2, -0.15) is 0 Å². The number of hydrogen-bond acceptors (Lipinski definition) is 2. The molecule has 4 heteroatoms. The fourth-order valence-corrected chi connectivity index (χ4v) is 2.07. The predicted octanol–water partition coefficient (Wildman–Crippen LogP) is 3.70. The number of hydrogen-bond donors (Lipinski definition) is 1. The van der Waals surface area contributed by atoms with E-state index in [4.69, 9.17) is 33.4 Å². The van der Waals surface area contributed by atoms with E-state index in [0.29, 0.717) is 10.0 Å². The molecule has 1 heterocycles. The van der Waals surface area contributed by atoms with Crippen LogP contribution in [0.5, 0.6) is 0 Å². The van der Waals surface area contributed by atoms with Crippen molar-refractivity contribution in [2.45, 2.75) is 18.9 Å². The molecule has 1 unspecified atom stereocenters. The van der Waals surface area contributed by atoms with Gasteiger partial charge in [-0.1, -0.05) is 29.3 Å². The van der Waals surface area contributed by atoms with Gasteiger partial charge in [0.2, 0.25) is 0 Å². The first-order valence-electron chi connectivity index (χ1n) is 5.36. The van der Waals surface area contributed by atoms with Crippen molar-refractivity contribution < 1.29 is 4.42 Å². The molecule has 1 atom stereocenters. The molecule has 2 aromatic rings. The van der Waals surface area contributed by atoms with Gasteiger partial charge in [0.15, 0.2) is 0 Å². The van der Waals surface area contributed by atoms with Crippen molar-refractivity contribution in [3.05, 3.63) is 58.0 Å². The SMILES string of the molecule is NC(Cc1ccoc1)Cc1ccc(Cl)c(Cl)c1. The normalized spacial score (nSPS) is 12.6. The van der Waals surface area contributed by atoms with Crippen LogP contribution in [-0.2, 0) is 12.8 Å². The number of benzene rings is 1. The molecule has 1 aromatic carbocycles. The summed E-state index contributed by atoms with van der Waals surface area (Å²) < 4.78 is 5.01. The zero-order valence-corrected chi connectivity index (χ0v) is 10.7. The number of rotatable bonds is 4. The Hall–Kier alpha value is -0.960. The van der Waals surface area contributed by atoms with Crippen LogP contribution < -0.4 is 5.73 Å². The van der Waals surface area contributed by atoms with Gasteiger partial charge in [-0.15, -0.1) is 0 Å². The summed E-state index contributed by atoms with van der Waals surface area (Å²) in [5, 5.41) is 1.14. The Morgan fingerprint density at radius 1 is 1.06 bits per heavy atom. The monoisotopic (exact) mass is 269 g/mol. The highest BCUT2D eigenvalue weighted by molar-refractivity contribution is 6.42. The largest absolute Gasteiger partial charge is 0.472 e. The van der Waals surface area contributed by atoms with E-state index in [2.05, 4.69) is 0 Å². The van der Waals surface area contributed by atoms with Crippen LogP contribution in [0.25, 0.3) is 0 Å². The van der Waals surface area contributed by atoms with Crippen molar-refractivity contribution >= 4 is 23.2 Å². The molecular weight excluding hydrogens is 257 g/mol. The number of nitrogens with two attached hydrogens (primary N) is 1. The minimum Gasteiger partial charge on any atom is -0.472 e. The molecular formula is C13H13Cl2NO. The van der Waals surface area contributed by atoms with E-state index in [1.807, 2.05) is 18.2 Å². The van der Waals surface area contributed by atoms with Crippen molar-refractivity contribution in [2.24, 2.45) is 5.73 Å². The fraction of sp³-hybridized carbons (Fsp3) is 0.231. The lowest BCUT2D eigenvalue weighted by Crippen LogP contribution is -2.25. The quantitative estimate of drug-likeness (QED) is 0.920. The van der Waals surface area contributed by atoms with Crippen LogP contribution in [0.1, 0.15) is 11.1 Å². The Morgan fingerprint density at radius 3 is 2.47 bits per heavy atom. The topological polar surface area (TPSA) is 39.2 Å². The summed E-state index contributed by atoms with van der Waals surface area (Å²) in [6, 6.07) is 7.57. The summed E-state index contributed by atoms with van der Waals surface area (Å²) in [6.45, 7) is 0. The molecule has 2 rings (SSSR count).